The van der Waals surface area contributed by atoms with Crippen LogP contribution in [0.4, 0.5) is 5.13 Å². The third kappa shape index (κ3) is 2.88. The van der Waals surface area contributed by atoms with Gasteiger partial charge in [-0.3, -0.25) is 0 Å². The van der Waals surface area contributed by atoms with Crippen LogP contribution in [-0.4, -0.2) is 24.7 Å². The van der Waals surface area contributed by atoms with E-state index in [0.717, 1.165) is 34.4 Å². The van der Waals surface area contributed by atoms with Gasteiger partial charge in [-0.2, -0.15) is 0 Å². The number of ether oxygens (including phenoxy) is 2. The summed E-state index contributed by atoms with van der Waals surface area (Å²) in [6.07, 6.45) is 2.35. The number of nitrogens with zero attached hydrogens (tertiary/aromatic N) is 1. The van der Waals surface area contributed by atoms with Gasteiger partial charge in [-0.25, -0.2) is 4.98 Å². The lowest BCUT2D eigenvalue weighted by molar-refractivity contribution is 0.171. The Morgan fingerprint density at radius 3 is 2.95 bits per heavy atom. The molecule has 0 radical (unpaired) electrons. The van der Waals surface area contributed by atoms with Crippen LogP contribution < -0.4 is 14.8 Å². The molecule has 4 nitrogen and oxygen atoms in total. The zero-order valence-corrected chi connectivity index (χ0v) is 12.3. The second-order valence-electron chi connectivity index (χ2n) is 4.68. The lowest BCUT2D eigenvalue weighted by Crippen LogP contribution is -2.15. The smallest absolute Gasteiger partial charge is 0.183 e. The number of rotatable bonds is 5. The maximum absolute atomic E-state index is 5.61. The summed E-state index contributed by atoms with van der Waals surface area (Å²) in [5.74, 6) is 1.62. The van der Waals surface area contributed by atoms with Crippen molar-refractivity contribution in [2.45, 2.75) is 19.8 Å². The van der Waals surface area contributed by atoms with Crippen molar-refractivity contribution in [1.29, 1.82) is 0 Å². The first kappa shape index (κ1) is 13.2. The number of thiazole rings is 1. The third-order valence-electron chi connectivity index (χ3n) is 3.15. The van der Waals surface area contributed by atoms with Gasteiger partial charge in [0.1, 0.15) is 13.2 Å². The Kier molecular flexibility index (Phi) is 4.06. The van der Waals surface area contributed by atoms with Crippen LogP contribution >= 0.6 is 11.3 Å². The maximum atomic E-state index is 5.61. The lowest BCUT2D eigenvalue weighted by atomic mass is 10.1. The van der Waals surface area contributed by atoms with Gasteiger partial charge in [-0.15, -0.1) is 11.3 Å². The van der Waals surface area contributed by atoms with Crippen molar-refractivity contribution in [2.75, 3.05) is 25.1 Å². The number of fused-ring (bicyclic) bond motifs is 1. The molecule has 1 aliphatic rings. The number of benzene rings is 1. The van der Waals surface area contributed by atoms with Crippen molar-refractivity contribution in [1.82, 2.24) is 4.98 Å². The quantitative estimate of drug-likeness (QED) is 0.851. The number of hydrogen-bond donors (Lipinski definition) is 1. The fourth-order valence-corrected chi connectivity index (χ4v) is 2.81. The molecule has 1 N–H and O–H groups in total. The van der Waals surface area contributed by atoms with Crippen molar-refractivity contribution in [3.05, 3.63) is 23.6 Å². The molecule has 0 amide bonds. The van der Waals surface area contributed by atoms with Gasteiger partial charge in [0, 0.05) is 17.5 Å². The molecule has 0 unspecified atom stereocenters. The topological polar surface area (TPSA) is 43.4 Å². The molecule has 2 heterocycles. The summed E-state index contributed by atoms with van der Waals surface area (Å²) in [6, 6.07) is 5.98. The first-order chi connectivity index (χ1) is 9.86. The molecule has 0 bridgehead atoms. The Balaban J connectivity index is 1.75. The Labute approximate surface area is 122 Å². The van der Waals surface area contributed by atoms with Crippen molar-refractivity contribution in [2.24, 2.45) is 0 Å². The summed E-state index contributed by atoms with van der Waals surface area (Å²) in [5.41, 5.74) is 2.04. The molecule has 2 aromatic rings. The minimum absolute atomic E-state index is 0.608. The van der Waals surface area contributed by atoms with Gasteiger partial charge in [-0.1, -0.05) is 13.3 Å². The van der Waals surface area contributed by atoms with E-state index in [1.165, 1.54) is 12.8 Å². The van der Waals surface area contributed by atoms with E-state index in [1.807, 2.05) is 18.2 Å². The molecule has 0 spiro atoms. The molecule has 0 fully saturated rings. The Morgan fingerprint density at radius 1 is 1.25 bits per heavy atom. The van der Waals surface area contributed by atoms with Crippen LogP contribution in [-0.2, 0) is 0 Å². The van der Waals surface area contributed by atoms with Crippen LogP contribution in [0.15, 0.2) is 23.6 Å². The Hall–Kier alpha value is -1.75. The van der Waals surface area contributed by atoms with E-state index in [1.54, 1.807) is 11.3 Å². The second-order valence-corrected chi connectivity index (χ2v) is 5.53. The number of unbranched alkanes of at least 4 members (excludes halogenated alkanes) is 1. The number of hydrogen-bond acceptors (Lipinski definition) is 5. The monoisotopic (exact) mass is 290 g/mol. The average molecular weight is 290 g/mol. The van der Waals surface area contributed by atoms with E-state index in [0.29, 0.717) is 13.2 Å². The van der Waals surface area contributed by atoms with Gasteiger partial charge in [-0.05, 0) is 24.6 Å². The summed E-state index contributed by atoms with van der Waals surface area (Å²) in [6.45, 7) is 4.39. The minimum atomic E-state index is 0.608. The molecular formula is C15H18N2O2S. The zero-order valence-electron chi connectivity index (χ0n) is 11.5. The van der Waals surface area contributed by atoms with Crippen LogP contribution in [0.5, 0.6) is 11.5 Å². The van der Waals surface area contributed by atoms with Gasteiger partial charge in [0.2, 0.25) is 0 Å². The third-order valence-corrected chi connectivity index (χ3v) is 3.95. The standard InChI is InChI=1S/C15H18N2O2S/c1-2-3-6-16-15-17-12(10-20-15)11-4-5-13-14(9-11)19-8-7-18-13/h4-5,9-10H,2-3,6-8H2,1H3,(H,16,17). The molecule has 0 aliphatic carbocycles. The Morgan fingerprint density at radius 2 is 2.10 bits per heavy atom. The molecular weight excluding hydrogens is 272 g/mol. The summed E-state index contributed by atoms with van der Waals surface area (Å²) in [5, 5.41) is 6.39. The van der Waals surface area contributed by atoms with Crippen molar-refractivity contribution >= 4 is 16.5 Å². The van der Waals surface area contributed by atoms with E-state index >= 15 is 0 Å². The van der Waals surface area contributed by atoms with Crippen LogP contribution in [0.1, 0.15) is 19.8 Å². The van der Waals surface area contributed by atoms with Gasteiger partial charge in [0.15, 0.2) is 16.6 Å². The molecule has 106 valence electrons. The van der Waals surface area contributed by atoms with E-state index in [-0.39, 0.29) is 0 Å². The van der Waals surface area contributed by atoms with Gasteiger partial charge < -0.3 is 14.8 Å². The highest BCUT2D eigenvalue weighted by molar-refractivity contribution is 7.14. The molecule has 1 aromatic carbocycles. The average Bonchev–Trinajstić information content (AvgIpc) is 2.96. The van der Waals surface area contributed by atoms with Crippen molar-refractivity contribution in [3.63, 3.8) is 0 Å². The summed E-state index contributed by atoms with van der Waals surface area (Å²) in [4.78, 5) is 4.61. The van der Waals surface area contributed by atoms with E-state index in [9.17, 15) is 0 Å². The largest absolute Gasteiger partial charge is 0.486 e. The molecule has 20 heavy (non-hydrogen) atoms. The van der Waals surface area contributed by atoms with E-state index in [2.05, 4.69) is 22.6 Å². The fraction of sp³-hybridized carbons (Fsp3) is 0.400. The normalized spacial score (nSPS) is 13.2. The highest BCUT2D eigenvalue weighted by Gasteiger charge is 2.13. The molecule has 1 aromatic heterocycles. The van der Waals surface area contributed by atoms with Crippen LogP contribution in [0, 0.1) is 0 Å². The first-order valence-electron chi connectivity index (χ1n) is 6.96. The molecule has 1 aliphatic heterocycles. The Bertz CT molecular complexity index is 583. The highest BCUT2D eigenvalue weighted by atomic mass is 32.1. The summed E-state index contributed by atoms with van der Waals surface area (Å²) in [7, 11) is 0. The number of aromatic nitrogens is 1. The lowest BCUT2D eigenvalue weighted by Gasteiger charge is -2.18. The number of anilines is 1. The van der Waals surface area contributed by atoms with Crippen LogP contribution in [0.25, 0.3) is 11.3 Å². The molecule has 0 saturated heterocycles. The molecule has 3 rings (SSSR count). The summed E-state index contributed by atoms with van der Waals surface area (Å²) >= 11 is 1.64. The van der Waals surface area contributed by atoms with Crippen LogP contribution in [0.2, 0.25) is 0 Å². The summed E-state index contributed by atoms with van der Waals surface area (Å²) < 4.78 is 11.1. The van der Waals surface area contributed by atoms with Gasteiger partial charge in [0.05, 0.1) is 5.69 Å². The van der Waals surface area contributed by atoms with E-state index < -0.39 is 0 Å². The predicted molar refractivity (Wildman–Crippen MR) is 81.9 cm³/mol. The fourth-order valence-electron chi connectivity index (χ4n) is 2.06. The van der Waals surface area contributed by atoms with E-state index in [4.69, 9.17) is 9.47 Å². The molecule has 0 atom stereocenters. The highest BCUT2D eigenvalue weighted by Crippen LogP contribution is 2.35. The van der Waals surface area contributed by atoms with Gasteiger partial charge in [0.25, 0.3) is 0 Å². The predicted octanol–water partition coefficient (Wildman–Crippen LogP) is 3.79. The minimum Gasteiger partial charge on any atom is -0.486 e. The second kappa shape index (κ2) is 6.13. The first-order valence-corrected chi connectivity index (χ1v) is 7.84. The SMILES string of the molecule is CCCCNc1nc(-c2ccc3c(c2)OCCO3)cs1. The molecule has 5 heteroatoms. The van der Waals surface area contributed by atoms with Crippen LogP contribution in [0.3, 0.4) is 0 Å². The number of nitrogens with one attached hydrogen (secondary N) is 1. The molecule has 0 saturated carbocycles. The maximum Gasteiger partial charge on any atom is 0.183 e. The van der Waals surface area contributed by atoms with Crippen molar-refractivity contribution < 1.29 is 9.47 Å². The van der Waals surface area contributed by atoms with Gasteiger partial charge >= 0.3 is 0 Å². The zero-order chi connectivity index (χ0) is 13.8. The van der Waals surface area contributed by atoms with Crippen molar-refractivity contribution in [3.8, 4) is 22.8 Å².